The first-order valence-electron chi connectivity index (χ1n) is 5.69. The minimum absolute atomic E-state index is 0.190. The zero-order chi connectivity index (χ0) is 11.8. The second kappa shape index (κ2) is 4.04. The third-order valence-corrected chi connectivity index (χ3v) is 4.19. The first-order chi connectivity index (χ1) is 8.25. The van der Waals surface area contributed by atoms with Gasteiger partial charge in [0.2, 0.25) is 0 Å². The van der Waals surface area contributed by atoms with E-state index in [9.17, 15) is 4.79 Å². The van der Waals surface area contributed by atoms with E-state index in [-0.39, 0.29) is 5.78 Å². The zero-order valence-corrected chi connectivity index (χ0v) is 10.4. The third-order valence-electron chi connectivity index (χ3n) is 3.04. The first-order valence-corrected chi connectivity index (χ1v) is 6.51. The van der Waals surface area contributed by atoms with Crippen LogP contribution in [0.2, 0.25) is 0 Å². The fourth-order valence-electron chi connectivity index (χ4n) is 2.07. The topological polar surface area (TPSA) is 42.9 Å². The number of hydrogen-bond acceptors (Lipinski definition) is 4. The summed E-state index contributed by atoms with van der Waals surface area (Å²) < 4.78 is 0. The second-order valence-corrected chi connectivity index (χ2v) is 5.34. The number of Topliss-reactive ketones (excluding diaryl/α,β-unsaturated/α-hetero) is 1. The quantitative estimate of drug-likeness (QED) is 0.774. The van der Waals surface area contributed by atoms with E-state index in [1.165, 1.54) is 0 Å². The number of pyridine rings is 1. The maximum Gasteiger partial charge on any atom is 0.182 e. The van der Waals surface area contributed by atoms with E-state index in [1.807, 2.05) is 19.2 Å². The Morgan fingerprint density at radius 3 is 3.00 bits per heavy atom. The first kappa shape index (κ1) is 10.6. The Morgan fingerprint density at radius 2 is 2.24 bits per heavy atom. The van der Waals surface area contributed by atoms with Crippen LogP contribution in [0.4, 0.5) is 0 Å². The van der Waals surface area contributed by atoms with Gasteiger partial charge in [0, 0.05) is 29.3 Å². The predicted octanol–water partition coefficient (Wildman–Crippen LogP) is 3.03. The van der Waals surface area contributed by atoms with Crippen LogP contribution >= 0.6 is 11.3 Å². The number of carbonyl (C=O) groups excluding carboxylic acids is 1. The number of ketones is 1. The van der Waals surface area contributed by atoms with Gasteiger partial charge in [-0.2, -0.15) is 0 Å². The van der Waals surface area contributed by atoms with Gasteiger partial charge in [0.25, 0.3) is 0 Å². The lowest BCUT2D eigenvalue weighted by molar-refractivity contribution is 0.0968. The average Bonchev–Trinajstić information content (AvgIpc) is 2.75. The molecular formula is C13H12N2OS. The van der Waals surface area contributed by atoms with Gasteiger partial charge in [0.15, 0.2) is 5.78 Å². The van der Waals surface area contributed by atoms with Gasteiger partial charge in [0.1, 0.15) is 10.7 Å². The Balaban J connectivity index is 2.11. The summed E-state index contributed by atoms with van der Waals surface area (Å²) in [5, 5.41) is 0.927. The molecule has 0 N–H and O–H groups in total. The van der Waals surface area contributed by atoms with Crippen LogP contribution in [0.5, 0.6) is 0 Å². The summed E-state index contributed by atoms with van der Waals surface area (Å²) in [5.74, 6) is 0.190. The Morgan fingerprint density at radius 1 is 1.35 bits per heavy atom. The van der Waals surface area contributed by atoms with E-state index in [2.05, 4.69) is 9.97 Å². The normalized spacial score (nSPS) is 14.8. The lowest BCUT2D eigenvalue weighted by Crippen LogP contribution is -2.08. The summed E-state index contributed by atoms with van der Waals surface area (Å²) in [4.78, 5) is 21.5. The summed E-state index contributed by atoms with van der Waals surface area (Å²) in [6, 6.07) is 1.97. The molecule has 3 nitrogen and oxygen atoms in total. The van der Waals surface area contributed by atoms with Crippen molar-refractivity contribution in [1.82, 2.24) is 9.97 Å². The van der Waals surface area contributed by atoms with E-state index in [1.54, 1.807) is 17.5 Å². The van der Waals surface area contributed by atoms with Crippen LogP contribution < -0.4 is 0 Å². The molecule has 0 fully saturated rings. The van der Waals surface area contributed by atoms with Gasteiger partial charge in [-0.3, -0.25) is 9.78 Å². The number of aromatic nitrogens is 2. The Labute approximate surface area is 104 Å². The third kappa shape index (κ3) is 1.78. The van der Waals surface area contributed by atoms with Crippen molar-refractivity contribution in [2.75, 3.05) is 0 Å². The molecule has 0 amide bonds. The molecule has 3 rings (SSSR count). The van der Waals surface area contributed by atoms with Crippen molar-refractivity contribution in [2.45, 2.75) is 26.2 Å². The molecule has 0 atom stereocenters. The Hall–Kier alpha value is -1.55. The molecule has 0 bridgehead atoms. The molecule has 0 aliphatic heterocycles. The lowest BCUT2D eigenvalue weighted by atomic mass is 10.0. The van der Waals surface area contributed by atoms with Crippen LogP contribution in [0.25, 0.3) is 10.6 Å². The monoisotopic (exact) mass is 244 g/mol. The van der Waals surface area contributed by atoms with Crippen LogP contribution in [0.1, 0.15) is 33.8 Å². The highest BCUT2D eigenvalue weighted by molar-refractivity contribution is 7.15. The summed E-state index contributed by atoms with van der Waals surface area (Å²) in [6.45, 7) is 2.04. The molecule has 0 aromatic carbocycles. The zero-order valence-electron chi connectivity index (χ0n) is 9.56. The average molecular weight is 244 g/mol. The van der Waals surface area contributed by atoms with Crippen molar-refractivity contribution in [3.05, 3.63) is 34.6 Å². The van der Waals surface area contributed by atoms with Gasteiger partial charge in [-0.25, -0.2) is 4.98 Å². The van der Waals surface area contributed by atoms with Gasteiger partial charge in [-0.15, -0.1) is 11.3 Å². The number of fused-ring (bicyclic) bond motifs is 1. The molecule has 0 saturated heterocycles. The molecule has 1 aliphatic rings. The van der Waals surface area contributed by atoms with Gasteiger partial charge in [0.05, 0.1) is 0 Å². The predicted molar refractivity (Wildman–Crippen MR) is 67.4 cm³/mol. The van der Waals surface area contributed by atoms with Gasteiger partial charge < -0.3 is 0 Å². The number of rotatable bonds is 1. The number of nitrogens with zero attached hydrogens (tertiary/aromatic N) is 2. The van der Waals surface area contributed by atoms with Gasteiger partial charge >= 0.3 is 0 Å². The van der Waals surface area contributed by atoms with Crippen molar-refractivity contribution in [3.8, 4) is 10.6 Å². The fourth-order valence-corrected chi connectivity index (χ4v) is 3.27. The van der Waals surface area contributed by atoms with E-state index in [0.29, 0.717) is 12.1 Å². The second-order valence-electron chi connectivity index (χ2n) is 4.26. The summed E-state index contributed by atoms with van der Waals surface area (Å²) in [6.07, 6.45) is 6.18. The van der Waals surface area contributed by atoms with Crippen LogP contribution in [-0.4, -0.2) is 15.8 Å². The van der Waals surface area contributed by atoms with Crippen LogP contribution in [0.3, 0.4) is 0 Å². The Bertz CT molecular complexity index is 589. The maximum absolute atomic E-state index is 11.7. The highest BCUT2D eigenvalue weighted by atomic mass is 32.1. The van der Waals surface area contributed by atoms with Crippen LogP contribution in [0.15, 0.2) is 18.5 Å². The molecule has 2 heterocycles. The molecular weight excluding hydrogens is 232 g/mol. The molecule has 86 valence electrons. The summed E-state index contributed by atoms with van der Waals surface area (Å²) in [5.41, 5.74) is 2.89. The minimum Gasteiger partial charge on any atom is -0.292 e. The number of aryl methyl sites for hydroxylation is 2. The SMILES string of the molecule is Cc1ccncc1-c1nc2c(s1)CCCC2=O. The molecule has 0 radical (unpaired) electrons. The van der Waals surface area contributed by atoms with E-state index in [0.717, 1.165) is 33.9 Å². The summed E-state index contributed by atoms with van der Waals surface area (Å²) in [7, 11) is 0. The summed E-state index contributed by atoms with van der Waals surface area (Å²) >= 11 is 1.63. The molecule has 0 saturated carbocycles. The van der Waals surface area contributed by atoms with E-state index >= 15 is 0 Å². The molecule has 1 aliphatic carbocycles. The largest absolute Gasteiger partial charge is 0.292 e. The molecule has 2 aromatic heterocycles. The van der Waals surface area contributed by atoms with Crippen LogP contribution in [0, 0.1) is 6.92 Å². The highest BCUT2D eigenvalue weighted by Crippen LogP contribution is 2.33. The fraction of sp³-hybridized carbons (Fsp3) is 0.308. The van der Waals surface area contributed by atoms with Crippen molar-refractivity contribution >= 4 is 17.1 Å². The van der Waals surface area contributed by atoms with Crippen molar-refractivity contribution in [1.29, 1.82) is 0 Å². The standard InChI is InChI=1S/C13H12N2OS/c1-8-5-6-14-7-9(8)13-15-12-10(16)3-2-4-11(12)17-13/h5-7H,2-4H2,1H3. The van der Waals surface area contributed by atoms with Crippen molar-refractivity contribution in [2.24, 2.45) is 0 Å². The van der Waals surface area contributed by atoms with Crippen LogP contribution in [-0.2, 0) is 6.42 Å². The number of carbonyl (C=O) groups is 1. The molecule has 17 heavy (non-hydrogen) atoms. The number of hydrogen-bond donors (Lipinski definition) is 0. The Kier molecular flexibility index (Phi) is 2.52. The minimum atomic E-state index is 0.190. The van der Waals surface area contributed by atoms with E-state index in [4.69, 9.17) is 0 Å². The molecule has 2 aromatic rings. The van der Waals surface area contributed by atoms with Crippen molar-refractivity contribution in [3.63, 3.8) is 0 Å². The van der Waals surface area contributed by atoms with E-state index < -0.39 is 0 Å². The van der Waals surface area contributed by atoms with Gasteiger partial charge in [-0.05, 0) is 31.4 Å². The molecule has 0 unspecified atom stereocenters. The maximum atomic E-state index is 11.7. The number of thiazole rings is 1. The molecule has 4 heteroatoms. The van der Waals surface area contributed by atoms with Crippen molar-refractivity contribution < 1.29 is 4.79 Å². The molecule has 0 spiro atoms. The highest BCUT2D eigenvalue weighted by Gasteiger charge is 2.23. The van der Waals surface area contributed by atoms with Gasteiger partial charge in [-0.1, -0.05) is 0 Å². The lowest BCUT2D eigenvalue weighted by Gasteiger charge is -2.06. The smallest absolute Gasteiger partial charge is 0.182 e.